The second-order valence-electron chi connectivity index (χ2n) is 10.0. The van der Waals surface area contributed by atoms with Crippen molar-refractivity contribution in [3.63, 3.8) is 0 Å². The van der Waals surface area contributed by atoms with E-state index in [0.717, 1.165) is 57.8 Å². The van der Waals surface area contributed by atoms with Crippen molar-refractivity contribution in [2.75, 3.05) is 0 Å². The van der Waals surface area contributed by atoms with Gasteiger partial charge in [0.2, 0.25) is 5.79 Å². The molecule has 0 aromatic heterocycles. The first-order chi connectivity index (χ1) is 12.5. The number of hydrogen-bond donors (Lipinski definition) is 0. The zero-order valence-electron chi connectivity index (χ0n) is 19.6. The van der Waals surface area contributed by atoms with Gasteiger partial charge in [0, 0.05) is 12.3 Å². The molecule has 3 unspecified atom stereocenters. The summed E-state index contributed by atoms with van der Waals surface area (Å²) in [5.74, 6) is -0.657. The smallest absolute Gasteiger partial charge is 0.227 e. The molecule has 1 aliphatic rings. The van der Waals surface area contributed by atoms with Crippen molar-refractivity contribution in [2.24, 2.45) is 11.3 Å². The van der Waals surface area contributed by atoms with Gasteiger partial charge in [0.05, 0.1) is 0 Å². The Hall–Kier alpha value is -0.160. The molecule has 27 heavy (non-hydrogen) atoms. The van der Waals surface area contributed by atoms with E-state index in [-0.39, 0.29) is 22.5 Å². The summed E-state index contributed by atoms with van der Waals surface area (Å²) in [6.45, 7) is 19.7. The van der Waals surface area contributed by atoms with Crippen molar-refractivity contribution in [2.45, 2.75) is 137 Å². The van der Waals surface area contributed by atoms with Gasteiger partial charge in [-0.3, -0.25) is 0 Å². The lowest BCUT2D eigenvalue weighted by atomic mass is 9.70. The molecule has 1 rings (SSSR count). The summed E-state index contributed by atoms with van der Waals surface area (Å²) >= 11 is 0. The molecule has 1 aliphatic carbocycles. The van der Waals surface area contributed by atoms with E-state index >= 15 is 0 Å². The standard InChI is InChI=1S/C23H46O4/c1-10-14-21(8,12-3)24-26-23(17-16-20(6,7)18-19(23)5)27-25-22(9,13-4)15-11-2/h19H,10-18H2,1-9H3. The van der Waals surface area contributed by atoms with Crippen molar-refractivity contribution in [1.29, 1.82) is 0 Å². The molecule has 0 bridgehead atoms. The van der Waals surface area contributed by atoms with Gasteiger partial charge < -0.3 is 0 Å². The Kier molecular flexibility index (Phi) is 9.26. The molecule has 0 aliphatic heterocycles. The Bertz CT molecular complexity index is 412. The maximum absolute atomic E-state index is 6.16. The molecule has 0 saturated heterocycles. The number of hydrogen-bond acceptors (Lipinski definition) is 4. The van der Waals surface area contributed by atoms with Crippen LogP contribution in [0.3, 0.4) is 0 Å². The second kappa shape index (κ2) is 10.0. The van der Waals surface area contributed by atoms with E-state index < -0.39 is 5.79 Å². The van der Waals surface area contributed by atoms with Crippen molar-refractivity contribution < 1.29 is 19.6 Å². The highest BCUT2D eigenvalue weighted by atomic mass is 17.3. The van der Waals surface area contributed by atoms with E-state index in [2.05, 4.69) is 62.3 Å². The second-order valence-corrected chi connectivity index (χ2v) is 10.0. The van der Waals surface area contributed by atoms with Crippen LogP contribution in [0.5, 0.6) is 0 Å². The van der Waals surface area contributed by atoms with E-state index in [1.54, 1.807) is 0 Å². The fourth-order valence-electron chi connectivity index (χ4n) is 4.06. The molecular formula is C23H46O4. The van der Waals surface area contributed by atoms with E-state index in [1.165, 1.54) is 0 Å². The van der Waals surface area contributed by atoms with Crippen LogP contribution in [0.4, 0.5) is 0 Å². The summed E-state index contributed by atoms with van der Waals surface area (Å²) in [5, 5.41) is 0. The van der Waals surface area contributed by atoms with Crippen LogP contribution in [0, 0.1) is 11.3 Å². The Morgan fingerprint density at radius 1 is 0.815 bits per heavy atom. The average molecular weight is 387 g/mol. The van der Waals surface area contributed by atoms with Gasteiger partial charge in [-0.2, -0.15) is 9.78 Å². The molecule has 0 aromatic carbocycles. The number of rotatable bonds is 12. The molecule has 4 nitrogen and oxygen atoms in total. The zero-order chi connectivity index (χ0) is 20.8. The molecule has 0 heterocycles. The van der Waals surface area contributed by atoms with Crippen LogP contribution in [-0.4, -0.2) is 17.0 Å². The van der Waals surface area contributed by atoms with E-state index in [0.29, 0.717) is 0 Å². The molecule has 0 amide bonds. The van der Waals surface area contributed by atoms with Crippen molar-refractivity contribution in [3.05, 3.63) is 0 Å². The van der Waals surface area contributed by atoms with Gasteiger partial charge in [-0.05, 0) is 57.8 Å². The first-order valence-corrected chi connectivity index (χ1v) is 11.2. The monoisotopic (exact) mass is 386 g/mol. The predicted octanol–water partition coefficient (Wildman–Crippen LogP) is 7.36. The highest BCUT2D eigenvalue weighted by molar-refractivity contribution is 4.89. The maximum atomic E-state index is 6.16. The summed E-state index contributed by atoms with van der Waals surface area (Å²) in [6, 6.07) is 0. The lowest BCUT2D eigenvalue weighted by Gasteiger charge is -2.47. The van der Waals surface area contributed by atoms with Crippen LogP contribution in [0.1, 0.15) is 120 Å². The van der Waals surface area contributed by atoms with Gasteiger partial charge in [-0.25, -0.2) is 9.78 Å². The lowest BCUT2D eigenvalue weighted by Crippen LogP contribution is -2.51. The summed E-state index contributed by atoms with van der Waals surface area (Å²) < 4.78 is 0. The van der Waals surface area contributed by atoms with Crippen LogP contribution in [0.15, 0.2) is 0 Å². The maximum Gasteiger partial charge on any atom is 0.236 e. The molecule has 162 valence electrons. The fraction of sp³-hybridized carbons (Fsp3) is 1.00. The van der Waals surface area contributed by atoms with Gasteiger partial charge in [0.15, 0.2) is 0 Å². The quantitative estimate of drug-likeness (QED) is 0.199. The Labute approximate surface area is 168 Å². The molecule has 1 fully saturated rings. The highest BCUT2D eigenvalue weighted by Crippen LogP contribution is 2.48. The molecule has 0 N–H and O–H groups in total. The zero-order valence-corrected chi connectivity index (χ0v) is 19.6. The largest absolute Gasteiger partial charge is 0.236 e. The van der Waals surface area contributed by atoms with Gasteiger partial charge in [-0.15, -0.1) is 0 Å². The Morgan fingerprint density at radius 3 is 1.59 bits per heavy atom. The third kappa shape index (κ3) is 6.99. The Balaban J connectivity index is 2.96. The van der Waals surface area contributed by atoms with Gasteiger partial charge in [-0.1, -0.05) is 61.3 Å². The Morgan fingerprint density at radius 2 is 1.26 bits per heavy atom. The van der Waals surface area contributed by atoms with Gasteiger partial charge in [0.1, 0.15) is 11.2 Å². The summed E-state index contributed by atoms with van der Waals surface area (Å²) in [5.41, 5.74) is -0.310. The minimum atomic E-state index is -0.843. The van der Waals surface area contributed by atoms with E-state index in [9.17, 15) is 0 Å². The lowest BCUT2D eigenvalue weighted by molar-refractivity contribution is -0.561. The van der Waals surface area contributed by atoms with Crippen LogP contribution < -0.4 is 0 Å². The first kappa shape index (κ1) is 24.9. The summed E-state index contributed by atoms with van der Waals surface area (Å²) in [7, 11) is 0. The molecule has 0 aromatic rings. The normalized spacial score (nSPS) is 29.9. The summed E-state index contributed by atoms with van der Waals surface area (Å²) in [6.07, 6.45) is 8.67. The van der Waals surface area contributed by atoms with E-state index in [1.807, 2.05) is 0 Å². The van der Waals surface area contributed by atoms with Crippen molar-refractivity contribution in [1.82, 2.24) is 0 Å². The highest BCUT2D eigenvalue weighted by Gasteiger charge is 2.50. The van der Waals surface area contributed by atoms with E-state index in [4.69, 9.17) is 19.6 Å². The predicted molar refractivity (Wildman–Crippen MR) is 111 cm³/mol. The minimum absolute atomic E-state index is 0.187. The topological polar surface area (TPSA) is 36.9 Å². The fourth-order valence-corrected chi connectivity index (χ4v) is 4.06. The van der Waals surface area contributed by atoms with Gasteiger partial charge >= 0.3 is 0 Å². The van der Waals surface area contributed by atoms with Crippen molar-refractivity contribution in [3.8, 4) is 0 Å². The third-order valence-corrected chi connectivity index (χ3v) is 6.58. The minimum Gasteiger partial charge on any atom is -0.227 e. The van der Waals surface area contributed by atoms with Crippen LogP contribution in [0.2, 0.25) is 0 Å². The van der Waals surface area contributed by atoms with Crippen LogP contribution >= 0.6 is 0 Å². The molecule has 0 spiro atoms. The molecule has 3 atom stereocenters. The SMILES string of the molecule is CCCC(C)(CC)OOC1(OOC(C)(CC)CCC)CCC(C)(C)CC1C. The van der Waals surface area contributed by atoms with Gasteiger partial charge in [0.25, 0.3) is 0 Å². The third-order valence-electron chi connectivity index (χ3n) is 6.58. The molecular weight excluding hydrogens is 340 g/mol. The van der Waals surface area contributed by atoms with Crippen molar-refractivity contribution >= 4 is 0 Å². The van der Waals surface area contributed by atoms with Crippen LogP contribution in [-0.2, 0) is 19.6 Å². The summed E-state index contributed by atoms with van der Waals surface area (Å²) in [4.78, 5) is 24.4. The average Bonchev–Trinajstić information content (AvgIpc) is 2.60. The molecule has 4 heteroatoms. The molecule has 0 radical (unpaired) electrons. The molecule has 1 saturated carbocycles. The first-order valence-electron chi connectivity index (χ1n) is 11.2. The van der Waals surface area contributed by atoms with Crippen LogP contribution in [0.25, 0.3) is 0 Å².